The molecule has 17 heavy (non-hydrogen) atoms. The van der Waals surface area contributed by atoms with E-state index in [9.17, 15) is 5.11 Å². The number of aromatic nitrogens is 2. The minimum atomic E-state index is -1.71. The Bertz CT molecular complexity index is 527. The average molecular weight is 292 g/mol. The van der Waals surface area contributed by atoms with Gasteiger partial charge in [0.1, 0.15) is 6.10 Å². The third-order valence-electron chi connectivity index (χ3n) is 2.30. The summed E-state index contributed by atoms with van der Waals surface area (Å²) in [6, 6.07) is 7.39. The van der Waals surface area contributed by atoms with Gasteiger partial charge in [0, 0.05) is 23.7 Å². The first kappa shape index (κ1) is 12.8. The third-order valence-corrected chi connectivity index (χ3v) is 3.06. The molecule has 6 heteroatoms. The van der Waals surface area contributed by atoms with E-state index < -0.39 is 9.90 Å². The van der Waals surface area contributed by atoms with Gasteiger partial charge in [-0.1, -0.05) is 34.8 Å². The third kappa shape index (κ3) is 3.19. The van der Waals surface area contributed by atoms with Crippen LogP contribution in [0, 0.1) is 0 Å². The van der Waals surface area contributed by atoms with E-state index in [1.807, 2.05) is 18.2 Å². The molecule has 0 aliphatic heterocycles. The van der Waals surface area contributed by atoms with Crippen molar-refractivity contribution in [1.82, 2.24) is 9.97 Å². The Balaban J connectivity index is 2.25. The van der Waals surface area contributed by atoms with E-state index >= 15 is 0 Å². The molecule has 0 radical (unpaired) electrons. The number of rotatable bonds is 2. The van der Waals surface area contributed by atoms with Gasteiger partial charge < -0.3 is 5.11 Å². The Hall–Kier alpha value is -0.610. The molecular weight excluding hydrogens is 282 g/mol. The van der Waals surface area contributed by atoms with Crippen LogP contribution in [0.5, 0.6) is 0 Å². The number of fused-ring (bicyclic) bond motifs is 1. The van der Waals surface area contributed by atoms with Gasteiger partial charge in [0.15, 0.2) is 5.65 Å². The van der Waals surface area contributed by atoms with Crippen molar-refractivity contribution in [2.75, 3.05) is 0 Å². The maximum absolute atomic E-state index is 9.65. The average Bonchev–Trinajstić information content (AvgIpc) is 2.27. The van der Waals surface area contributed by atoms with Gasteiger partial charge >= 0.3 is 0 Å². The monoisotopic (exact) mass is 290 g/mol. The van der Waals surface area contributed by atoms with E-state index in [1.165, 1.54) is 0 Å². The molecule has 3 nitrogen and oxygen atoms in total. The van der Waals surface area contributed by atoms with Crippen molar-refractivity contribution in [1.29, 1.82) is 0 Å². The fraction of sp³-hybridized carbons (Fsp3) is 0.273. The van der Waals surface area contributed by atoms with Crippen LogP contribution >= 0.6 is 34.8 Å². The van der Waals surface area contributed by atoms with Crippen molar-refractivity contribution in [3.05, 3.63) is 36.2 Å². The molecule has 0 bridgehead atoms. The lowest BCUT2D eigenvalue weighted by Crippen LogP contribution is -2.27. The number of aliphatic hydroxyl groups excluding tert-OH is 1. The van der Waals surface area contributed by atoms with Crippen LogP contribution in [0.15, 0.2) is 30.5 Å². The lowest BCUT2D eigenvalue weighted by Gasteiger charge is -2.18. The summed E-state index contributed by atoms with van der Waals surface area (Å²) in [7, 11) is 0. The van der Waals surface area contributed by atoms with Crippen molar-refractivity contribution in [2.24, 2.45) is 0 Å². The van der Waals surface area contributed by atoms with Crippen molar-refractivity contribution in [3.8, 4) is 0 Å². The summed E-state index contributed by atoms with van der Waals surface area (Å²) in [6.45, 7) is 0. The molecule has 0 aliphatic carbocycles. The molecule has 0 aliphatic rings. The topological polar surface area (TPSA) is 46.0 Å². The lowest BCUT2D eigenvalue weighted by atomic mass is 10.2. The highest BCUT2D eigenvalue weighted by molar-refractivity contribution is 6.68. The molecule has 2 aromatic heterocycles. The smallest absolute Gasteiger partial charge is 0.216 e. The highest BCUT2D eigenvalue weighted by atomic mass is 35.6. The number of hydrogen-bond donors (Lipinski definition) is 1. The molecule has 0 amide bonds. The zero-order chi connectivity index (χ0) is 12.5. The summed E-state index contributed by atoms with van der Waals surface area (Å²) in [5.74, 6) is 0. The van der Waals surface area contributed by atoms with Crippen LogP contribution in [0.25, 0.3) is 11.0 Å². The van der Waals surface area contributed by atoms with E-state index in [0.717, 1.165) is 5.39 Å². The number of aliphatic hydroxyl groups is 1. The second-order valence-electron chi connectivity index (χ2n) is 3.61. The van der Waals surface area contributed by atoms with Crippen molar-refractivity contribution >= 4 is 45.8 Å². The number of hydrogen-bond acceptors (Lipinski definition) is 3. The van der Waals surface area contributed by atoms with Gasteiger partial charge in [0.05, 0.1) is 0 Å². The highest BCUT2D eigenvalue weighted by Gasteiger charge is 2.31. The minimum Gasteiger partial charge on any atom is -0.388 e. The van der Waals surface area contributed by atoms with E-state index in [0.29, 0.717) is 11.3 Å². The predicted octanol–water partition coefficient (Wildman–Crippen LogP) is 2.90. The molecule has 90 valence electrons. The molecule has 1 unspecified atom stereocenters. The summed E-state index contributed by atoms with van der Waals surface area (Å²) < 4.78 is -1.71. The molecule has 0 fully saturated rings. The van der Waals surface area contributed by atoms with Crippen molar-refractivity contribution in [3.63, 3.8) is 0 Å². The summed E-state index contributed by atoms with van der Waals surface area (Å²) in [5.41, 5.74) is 1.25. The van der Waals surface area contributed by atoms with Crippen LogP contribution < -0.4 is 0 Å². The van der Waals surface area contributed by atoms with Gasteiger partial charge in [-0.15, -0.1) is 0 Å². The lowest BCUT2D eigenvalue weighted by molar-refractivity contribution is 0.178. The first-order chi connectivity index (χ1) is 7.97. The van der Waals surface area contributed by atoms with Crippen LogP contribution in [0.3, 0.4) is 0 Å². The molecule has 0 aromatic carbocycles. The van der Waals surface area contributed by atoms with Crippen molar-refractivity contribution in [2.45, 2.75) is 16.3 Å². The molecule has 1 N–H and O–H groups in total. The van der Waals surface area contributed by atoms with Gasteiger partial charge in [-0.3, -0.25) is 0 Å². The van der Waals surface area contributed by atoms with Gasteiger partial charge in [0.25, 0.3) is 0 Å². The zero-order valence-electron chi connectivity index (χ0n) is 8.65. The molecule has 2 aromatic rings. The predicted molar refractivity (Wildman–Crippen MR) is 69.5 cm³/mol. The normalized spacial score (nSPS) is 13.9. The number of alkyl halides is 3. The second-order valence-corrected chi connectivity index (χ2v) is 5.98. The molecular formula is C11H9Cl3N2O. The van der Waals surface area contributed by atoms with Crippen LogP contribution in [0.4, 0.5) is 0 Å². The van der Waals surface area contributed by atoms with E-state index in [2.05, 4.69) is 9.97 Å². The Morgan fingerprint density at radius 1 is 1.24 bits per heavy atom. The Morgan fingerprint density at radius 2 is 2.00 bits per heavy atom. The minimum absolute atomic E-state index is 0.170. The molecule has 2 heterocycles. The Kier molecular flexibility index (Phi) is 3.73. The van der Waals surface area contributed by atoms with Crippen LogP contribution in [0.2, 0.25) is 0 Å². The first-order valence-electron chi connectivity index (χ1n) is 4.92. The van der Waals surface area contributed by atoms with Crippen LogP contribution in [0.1, 0.15) is 5.69 Å². The Labute approximate surface area is 113 Å². The molecule has 2 rings (SSSR count). The van der Waals surface area contributed by atoms with E-state index in [1.54, 1.807) is 12.3 Å². The maximum atomic E-state index is 9.65. The number of pyridine rings is 2. The first-order valence-corrected chi connectivity index (χ1v) is 6.05. The highest BCUT2D eigenvalue weighted by Crippen LogP contribution is 2.31. The van der Waals surface area contributed by atoms with Crippen LogP contribution in [-0.2, 0) is 6.42 Å². The zero-order valence-corrected chi connectivity index (χ0v) is 10.9. The summed E-state index contributed by atoms with van der Waals surface area (Å²) in [4.78, 5) is 8.40. The molecule has 0 spiro atoms. The fourth-order valence-electron chi connectivity index (χ4n) is 1.42. The Morgan fingerprint density at radius 3 is 2.71 bits per heavy atom. The van der Waals surface area contributed by atoms with Gasteiger partial charge in [0.2, 0.25) is 3.79 Å². The molecule has 1 atom stereocenters. The quantitative estimate of drug-likeness (QED) is 0.865. The van der Waals surface area contributed by atoms with E-state index in [-0.39, 0.29) is 6.42 Å². The fourth-order valence-corrected chi connectivity index (χ4v) is 1.65. The number of nitrogens with zero attached hydrogens (tertiary/aromatic N) is 2. The summed E-state index contributed by atoms with van der Waals surface area (Å²) in [6.07, 6.45) is 0.731. The van der Waals surface area contributed by atoms with Gasteiger partial charge in [-0.05, 0) is 24.3 Å². The number of halogens is 3. The SMILES string of the molecule is OC(Cc1ccc2cccnc2n1)C(Cl)(Cl)Cl. The van der Waals surface area contributed by atoms with Crippen LogP contribution in [-0.4, -0.2) is 25.0 Å². The summed E-state index contributed by atoms with van der Waals surface area (Å²) in [5, 5.41) is 10.6. The largest absolute Gasteiger partial charge is 0.388 e. The second kappa shape index (κ2) is 4.94. The maximum Gasteiger partial charge on any atom is 0.216 e. The van der Waals surface area contributed by atoms with Gasteiger partial charge in [-0.25, -0.2) is 9.97 Å². The van der Waals surface area contributed by atoms with Crippen molar-refractivity contribution < 1.29 is 5.11 Å². The summed E-state index contributed by atoms with van der Waals surface area (Å²) >= 11 is 16.8. The van der Waals surface area contributed by atoms with E-state index in [4.69, 9.17) is 34.8 Å². The molecule has 0 saturated carbocycles. The molecule has 0 saturated heterocycles. The van der Waals surface area contributed by atoms with Gasteiger partial charge in [-0.2, -0.15) is 0 Å². The standard InChI is InChI=1S/C11H9Cl3N2O/c12-11(13,14)9(17)6-8-4-3-7-2-1-5-15-10(7)16-8/h1-5,9,17H,6H2.